The first-order valence-electron chi connectivity index (χ1n) is 37.3. The zero-order valence-corrected chi connectivity index (χ0v) is 64.0. The third kappa shape index (κ3) is 26.1. The van der Waals surface area contributed by atoms with Crippen molar-refractivity contribution in [3.8, 4) is 0 Å². The van der Waals surface area contributed by atoms with Crippen molar-refractivity contribution < 1.29 is 163 Å². The summed E-state index contributed by atoms with van der Waals surface area (Å²) in [7, 11) is 0. The zero-order valence-electron chi connectivity index (χ0n) is 64.0. The summed E-state index contributed by atoms with van der Waals surface area (Å²) in [6.45, 7) is 22.4. The fourth-order valence-electron chi connectivity index (χ4n) is 13.3. The summed E-state index contributed by atoms with van der Waals surface area (Å²) in [5, 5.41) is 202. The van der Waals surface area contributed by atoms with Crippen LogP contribution in [0.4, 0.5) is 0 Å². The molecule has 6 saturated heterocycles. The predicted molar refractivity (Wildman–Crippen MR) is 385 cm³/mol. The maximum atomic E-state index is 13.6. The summed E-state index contributed by atoms with van der Waals surface area (Å²) in [4.78, 5) is 13.6. The average molecular weight is 1570 g/mol. The number of carbonyl (C=O) groups excluding carboxylic acids is 1. The van der Waals surface area contributed by atoms with Crippen LogP contribution in [-0.2, 0) is 66.4 Å². The molecule has 0 aromatic heterocycles. The lowest BCUT2D eigenvalue weighted by molar-refractivity contribution is -0.375. The van der Waals surface area contributed by atoms with Gasteiger partial charge in [-0.3, -0.25) is 0 Å². The lowest BCUT2D eigenvalue weighted by atomic mass is 9.95. The molecule has 0 aromatic rings. The van der Waals surface area contributed by atoms with E-state index in [1.807, 2.05) is 58.9 Å². The van der Waals surface area contributed by atoms with Gasteiger partial charge in [0.05, 0.1) is 62.5 Å². The molecule has 6 rings (SSSR count). The van der Waals surface area contributed by atoms with E-state index in [1.54, 1.807) is 19.9 Å². The first-order chi connectivity index (χ1) is 51.3. The Bertz CT molecular complexity index is 3000. The van der Waals surface area contributed by atoms with Crippen LogP contribution in [0.15, 0.2) is 95.2 Å². The van der Waals surface area contributed by atoms with Gasteiger partial charge < -0.3 is 159 Å². The fourth-order valence-corrected chi connectivity index (χ4v) is 13.3. The number of esters is 1. The van der Waals surface area contributed by atoms with Gasteiger partial charge >= 0.3 is 5.97 Å². The Balaban J connectivity index is 0.941. The Morgan fingerprint density at radius 2 is 0.807 bits per heavy atom. The van der Waals surface area contributed by atoms with E-state index in [9.17, 15) is 102 Å². The molecule has 33 atom stereocenters. The molecule has 6 aliphatic heterocycles. The molecular weight excluding hydrogens is 1440 g/mol. The molecule has 109 heavy (non-hydrogen) atoms. The number of ether oxygens (including phenoxy) is 13. The summed E-state index contributed by atoms with van der Waals surface area (Å²) in [5.41, 5.74) is 2.67. The second-order valence-electron chi connectivity index (χ2n) is 30.0. The molecule has 0 aromatic carbocycles. The van der Waals surface area contributed by atoms with Crippen molar-refractivity contribution in [1.82, 2.24) is 0 Å². The van der Waals surface area contributed by atoms with Crippen molar-refractivity contribution in [3.05, 3.63) is 95.2 Å². The Morgan fingerprint density at radius 3 is 1.31 bits per heavy atom. The first-order valence-corrected chi connectivity index (χ1v) is 37.3. The van der Waals surface area contributed by atoms with Crippen LogP contribution in [0, 0.1) is 0 Å². The van der Waals surface area contributed by atoms with Crippen molar-refractivity contribution in [2.75, 3.05) is 33.0 Å². The number of carbonyl (C=O) groups is 1. The maximum absolute atomic E-state index is 13.6. The van der Waals surface area contributed by atoms with Crippen LogP contribution in [0.3, 0.4) is 0 Å². The third-order valence-electron chi connectivity index (χ3n) is 20.8. The molecule has 0 radical (unpaired) electrons. The molecule has 0 saturated carbocycles. The molecule has 33 unspecified atom stereocenters. The lowest BCUT2D eigenvalue weighted by Crippen LogP contribution is -2.65. The quantitative estimate of drug-likeness (QED) is 0.0194. The molecule has 0 spiro atoms. The number of hydrogen-bond donors (Lipinski definition) is 19. The number of aliphatic hydroxyl groups is 19. The highest BCUT2D eigenvalue weighted by atomic mass is 16.8. The van der Waals surface area contributed by atoms with E-state index in [4.69, 9.17) is 61.6 Å². The highest BCUT2D eigenvalue weighted by Gasteiger charge is 2.55. The van der Waals surface area contributed by atoms with E-state index in [0.29, 0.717) is 51.4 Å². The SMILES string of the molecule is C=CC(C)(CCC=C(C)CCC=C(C)CC(O)C=C(C)C(=O)OC1C(OCC2OC(OC3C(O)C(C)OC(OCC(C)=CCCC(C)=CCCC(C)=CCCC(C)(C=C)OC4OC(CO)C(O)C(O)C4OC4OC(CO)C(O)C(O)C4O)C3O)C(O)C(O)C2O)OC(C)C(O)C1O)OC1OC(CO)C(O)C(O)C1O. The molecule has 6 aliphatic rings. The van der Waals surface area contributed by atoms with Crippen LogP contribution in [0.2, 0.25) is 0 Å². The second-order valence-corrected chi connectivity index (χ2v) is 30.0. The lowest BCUT2D eigenvalue weighted by Gasteiger charge is -2.47. The van der Waals surface area contributed by atoms with Crippen LogP contribution in [0.25, 0.3) is 0 Å². The number of hydrogen-bond acceptors (Lipinski definition) is 33. The zero-order chi connectivity index (χ0) is 81.1. The summed E-state index contributed by atoms with van der Waals surface area (Å²) >= 11 is 0. The summed E-state index contributed by atoms with van der Waals surface area (Å²) in [6, 6.07) is 0. The molecule has 6 fully saturated rings. The molecule has 0 aliphatic carbocycles. The highest BCUT2D eigenvalue weighted by molar-refractivity contribution is 5.88. The number of rotatable bonds is 39. The predicted octanol–water partition coefficient (Wildman–Crippen LogP) is -1.27. The third-order valence-corrected chi connectivity index (χ3v) is 20.8. The van der Waals surface area contributed by atoms with Crippen LogP contribution in [0.1, 0.15) is 140 Å². The fraction of sp³-hybridized carbons (Fsp3) is 0.776. The standard InChI is InChI=1S/C76H124O33/c1-13-75(11,108-72-63(94)57(88)53(84)47(33-78)102-72)28-18-26-39(5)22-16-24-40(6)30-45(80)31-42(8)68(96)105-66-59(90)50(81)43(9)100-73(66)98-36-49-55(86)58(89)62(93)71(104-49)106-65-51(82)44(10)99-69(64(65)95)97-35-41(7)25-17-23-37(3)20-15-21-38(4)27-19-29-76(12,14-2)109-74-67(60(91)54(85)48(34-79)103-74)107-70-61(92)56(87)52(83)46(32-77)101-70/h13-14,20,24-27,31,43-67,69-74,77-95H,1-2,15-19,21-23,28-30,32-36H2,3-12H3. The average Bonchev–Trinajstić information content (AvgIpc) is 0.793. The van der Waals surface area contributed by atoms with Crippen molar-refractivity contribution in [3.63, 3.8) is 0 Å². The van der Waals surface area contributed by atoms with Gasteiger partial charge in [0.15, 0.2) is 43.8 Å². The van der Waals surface area contributed by atoms with Crippen molar-refractivity contribution in [2.24, 2.45) is 0 Å². The number of allylic oxidation sites excluding steroid dienone is 8. The van der Waals surface area contributed by atoms with Gasteiger partial charge in [-0.2, -0.15) is 0 Å². The van der Waals surface area contributed by atoms with Crippen LogP contribution in [0.5, 0.6) is 0 Å². The monoisotopic (exact) mass is 1560 g/mol. The van der Waals surface area contributed by atoms with Crippen LogP contribution >= 0.6 is 0 Å². The largest absolute Gasteiger partial charge is 0.451 e. The Kier molecular flexibility index (Phi) is 37.7. The van der Waals surface area contributed by atoms with E-state index < -0.39 is 234 Å². The van der Waals surface area contributed by atoms with E-state index in [-0.39, 0.29) is 18.6 Å². The van der Waals surface area contributed by atoms with Gasteiger partial charge in [-0.25, -0.2) is 4.79 Å². The summed E-state index contributed by atoms with van der Waals surface area (Å²) < 4.78 is 76.0. The smallest absolute Gasteiger partial charge is 0.334 e. The molecule has 626 valence electrons. The molecular formula is C76H124O33. The van der Waals surface area contributed by atoms with E-state index in [0.717, 1.165) is 40.7 Å². The Hall–Kier alpha value is -3.85. The van der Waals surface area contributed by atoms with Gasteiger partial charge in [-0.05, 0) is 146 Å². The highest BCUT2D eigenvalue weighted by Crippen LogP contribution is 2.37. The van der Waals surface area contributed by atoms with Gasteiger partial charge in [0.2, 0.25) is 0 Å². The van der Waals surface area contributed by atoms with E-state index in [2.05, 4.69) is 19.2 Å². The maximum Gasteiger partial charge on any atom is 0.334 e. The molecule has 33 nitrogen and oxygen atoms in total. The molecule has 6 heterocycles. The van der Waals surface area contributed by atoms with Crippen LogP contribution in [-0.4, -0.2) is 338 Å². The minimum Gasteiger partial charge on any atom is -0.451 e. The first kappa shape index (κ1) is 94.0. The summed E-state index contributed by atoms with van der Waals surface area (Å²) in [6.07, 6.45) is -27.7. The van der Waals surface area contributed by atoms with Gasteiger partial charge in [0.25, 0.3) is 0 Å². The van der Waals surface area contributed by atoms with E-state index in [1.165, 1.54) is 32.9 Å². The summed E-state index contributed by atoms with van der Waals surface area (Å²) in [5.74, 6) is -1.01. The Labute approximate surface area is 636 Å². The normalized spacial score (nSPS) is 39.8. The molecule has 33 heteroatoms. The van der Waals surface area contributed by atoms with Crippen molar-refractivity contribution in [1.29, 1.82) is 0 Å². The molecule has 0 amide bonds. The van der Waals surface area contributed by atoms with E-state index >= 15 is 0 Å². The van der Waals surface area contributed by atoms with Gasteiger partial charge in [-0.1, -0.05) is 70.4 Å². The minimum atomic E-state index is -1.94. The van der Waals surface area contributed by atoms with Crippen molar-refractivity contribution >= 4 is 5.97 Å². The van der Waals surface area contributed by atoms with Gasteiger partial charge in [-0.15, -0.1) is 13.2 Å². The molecule has 19 N–H and O–H groups in total. The van der Waals surface area contributed by atoms with Crippen LogP contribution < -0.4 is 0 Å². The van der Waals surface area contributed by atoms with Crippen molar-refractivity contribution in [2.45, 2.75) is 341 Å². The van der Waals surface area contributed by atoms with Gasteiger partial charge in [0, 0.05) is 5.57 Å². The Morgan fingerprint density at radius 1 is 0.413 bits per heavy atom. The van der Waals surface area contributed by atoms with Gasteiger partial charge in [0.1, 0.15) is 128 Å². The topological polar surface area (TPSA) is 521 Å². The minimum absolute atomic E-state index is 0.00625. The number of aliphatic hydroxyl groups excluding tert-OH is 19. The second kappa shape index (κ2) is 43.8. The molecule has 0 bridgehead atoms.